The van der Waals surface area contributed by atoms with Crippen LogP contribution in [0.15, 0.2) is 54.7 Å². The lowest BCUT2D eigenvalue weighted by molar-refractivity contribution is 0.0736. The minimum absolute atomic E-state index is 0.153. The van der Waals surface area contributed by atoms with Crippen LogP contribution in [0.1, 0.15) is 34.6 Å². The molecule has 0 radical (unpaired) electrons. The molecule has 0 fully saturated rings. The quantitative estimate of drug-likeness (QED) is 0.670. The van der Waals surface area contributed by atoms with Crippen molar-refractivity contribution in [3.05, 3.63) is 77.4 Å². The molecule has 3 aromatic rings. The summed E-state index contributed by atoms with van der Waals surface area (Å²) in [6, 6.07) is 13.9. The fraction of sp³-hybridized carbons (Fsp3) is 0.250. The molecule has 3 rings (SSSR count). The third-order valence-corrected chi connectivity index (χ3v) is 4.55. The Balaban J connectivity index is 1.71. The maximum absolute atomic E-state index is 13.8. The number of hydrogen-bond acceptors (Lipinski definition) is 4. The molecule has 1 heterocycles. The van der Waals surface area contributed by atoms with Gasteiger partial charge in [0.2, 0.25) is 0 Å². The molecule has 6 nitrogen and oxygen atoms in total. The Morgan fingerprint density at radius 1 is 1.22 bits per heavy atom. The van der Waals surface area contributed by atoms with Crippen LogP contribution in [-0.4, -0.2) is 40.0 Å². The molecule has 27 heavy (non-hydrogen) atoms. The second-order valence-corrected chi connectivity index (χ2v) is 6.26. The maximum Gasteiger partial charge on any atom is 0.276 e. The first kappa shape index (κ1) is 18.6. The van der Waals surface area contributed by atoms with E-state index in [0.29, 0.717) is 5.56 Å². The average molecular weight is 368 g/mol. The van der Waals surface area contributed by atoms with Crippen molar-refractivity contribution in [3.63, 3.8) is 0 Å². The molecule has 7 heteroatoms. The van der Waals surface area contributed by atoms with Crippen LogP contribution in [0.4, 0.5) is 4.39 Å². The van der Waals surface area contributed by atoms with Crippen LogP contribution in [0, 0.1) is 5.82 Å². The number of aromatic nitrogens is 3. The highest BCUT2D eigenvalue weighted by molar-refractivity contribution is 5.92. The van der Waals surface area contributed by atoms with E-state index < -0.39 is 0 Å². The summed E-state index contributed by atoms with van der Waals surface area (Å²) < 4.78 is 20.4. The number of methoxy groups -OCH3 is 1. The predicted molar refractivity (Wildman–Crippen MR) is 99.0 cm³/mol. The molecule has 0 saturated heterocycles. The van der Waals surface area contributed by atoms with Crippen LogP contribution < -0.4 is 4.74 Å². The van der Waals surface area contributed by atoms with E-state index in [1.807, 2.05) is 31.2 Å². The summed E-state index contributed by atoms with van der Waals surface area (Å²) in [5.74, 6) is 0.195. The Morgan fingerprint density at radius 3 is 2.59 bits per heavy atom. The zero-order valence-electron chi connectivity index (χ0n) is 15.5. The Kier molecular flexibility index (Phi) is 5.49. The van der Waals surface area contributed by atoms with E-state index in [4.69, 9.17) is 4.74 Å². The molecule has 1 aromatic heterocycles. The van der Waals surface area contributed by atoms with Gasteiger partial charge in [-0.2, -0.15) is 0 Å². The third-order valence-electron chi connectivity index (χ3n) is 4.55. The van der Waals surface area contributed by atoms with E-state index in [9.17, 15) is 9.18 Å². The van der Waals surface area contributed by atoms with Crippen molar-refractivity contribution in [2.45, 2.75) is 19.5 Å². The lowest BCUT2D eigenvalue weighted by Crippen LogP contribution is -2.30. The number of halogens is 1. The molecule has 0 spiro atoms. The summed E-state index contributed by atoms with van der Waals surface area (Å²) in [5.41, 5.74) is 1.68. The first-order chi connectivity index (χ1) is 13.0. The predicted octanol–water partition coefficient (Wildman–Crippen LogP) is 3.31. The molecule has 140 valence electrons. The van der Waals surface area contributed by atoms with Gasteiger partial charge in [-0.05, 0) is 30.7 Å². The van der Waals surface area contributed by atoms with Gasteiger partial charge in [-0.1, -0.05) is 35.5 Å². The largest absolute Gasteiger partial charge is 0.497 e. The van der Waals surface area contributed by atoms with Gasteiger partial charge in [0.15, 0.2) is 5.69 Å². The van der Waals surface area contributed by atoms with Gasteiger partial charge in [0.05, 0.1) is 25.9 Å². The summed E-state index contributed by atoms with van der Waals surface area (Å²) in [4.78, 5) is 14.3. The average Bonchev–Trinajstić information content (AvgIpc) is 3.16. The first-order valence-electron chi connectivity index (χ1n) is 8.54. The topological polar surface area (TPSA) is 60.2 Å². The van der Waals surface area contributed by atoms with Gasteiger partial charge in [-0.25, -0.2) is 9.07 Å². The maximum atomic E-state index is 13.8. The highest BCUT2D eigenvalue weighted by atomic mass is 19.1. The van der Waals surface area contributed by atoms with Gasteiger partial charge in [0, 0.05) is 12.6 Å². The van der Waals surface area contributed by atoms with Gasteiger partial charge in [-0.15, -0.1) is 5.10 Å². The summed E-state index contributed by atoms with van der Waals surface area (Å²) in [7, 11) is 3.33. The second-order valence-electron chi connectivity index (χ2n) is 6.26. The number of carbonyl (C=O) groups is 1. The van der Waals surface area contributed by atoms with E-state index in [0.717, 1.165) is 11.3 Å². The van der Waals surface area contributed by atoms with Crippen LogP contribution in [0.3, 0.4) is 0 Å². The minimum Gasteiger partial charge on any atom is -0.497 e. The molecule has 0 N–H and O–H groups in total. The van der Waals surface area contributed by atoms with Crippen LogP contribution in [0.5, 0.6) is 5.75 Å². The molecule has 0 aliphatic carbocycles. The van der Waals surface area contributed by atoms with E-state index in [2.05, 4.69) is 10.3 Å². The Morgan fingerprint density at radius 2 is 1.93 bits per heavy atom. The fourth-order valence-corrected chi connectivity index (χ4v) is 2.74. The second kappa shape index (κ2) is 7.99. The molecule has 0 aliphatic rings. The Bertz CT molecular complexity index is 924. The Hall–Kier alpha value is -3.22. The lowest BCUT2D eigenvalue weighted by Gasteiger charge is -2.24. The summed E-state index contributed by atoms with van der Waals surface area (Å²) in [6.07, 6.45) is 1.53. The van der Waals surface area contributed by atoms with E-state index in [1.54, 1.807) is 37.3 Å². The van der Waals surface area contributed by atoms with Crippen molar-refractivity contribution in [3.8, 4) is 5.75 Å². The van der Waals surface area contributed by atoms with Crippen LogP contribution in [0.2, 0.25) is 0 Å². The summed E-state index contributed by atoms with van der Waals surface area (Å²) >= 11 is 0. The zero-order valence-corrected chi connectivity index (χ0v) is 15.5. The van der Waals surface area contributed by atoms with E-state index in [-0.39, 0.29) is 30.0 Å². The molecule has 0 aliphatic heterocycles. The highest BCUT2D eigenvalue weighted by Crippen LogP contribution is 2.22. The minimum atomic E-state index is -0.314. The lowest BCUT2D eigenvalue weighted by atomic mass is 10.1. The number of hydrogen-bond donors (Lipinski definition) is 0. The SMILES string of the molecule is COc1ccc([C@@H](C)N(C)C(=O)c2cn(Cc3ccccc3F)nn2)cc1. The van der Waals surface area contributed by atoms with Crippen molar-refractivity contribution >= 4 is 5.91 Å². The molecule has 0 saturated carbocycles. The number of rotatable bonds is 6. The number of benzene rings is 2. The van der Waals surface area contributed by atoms with Gasteiger partial charge < -0.3 is 9.64 Å². The normalized spacial score (nSPS) is 11.9. The van der Waals surface area contributed by atoms with Crippen molar-refractivity contribution < 1.29 is 13.9 Å². The molecule has 1 atom stereocenters. The number of amides is 1. The van der Waals surface area contributed by atoms with Gasteiger partial charge in [-0.3, -0.25) is 4.79 Å². The van der Waals surface area contributed by atoms with Gasteiger partial charge in [0.25, 0.3) is 5.91 Å². The van der Waals surface area contributed by atoms with Crippen molar-refractivity contribution in [1.82, 2.24) is 19.9 Å². The molecule has 0 unspecified atom stereocenters. The molecule has 0 bridgehead atoms. The van der Waals surface area contributed by atoms with E-state index in [1.165, 1.54) is 16.9 Å². The van der Waals surface area contributed by atoms with Crippen LogP contribution >= 0.6 is 0 Å². The zero-order chi connectivity index (χ0) is 19.4. The number of carbonyl (C=O) groups excluding carboxylic acids is 1. The van der Waals surface area contributed by atoms with Gasteiger partial charge >= 0.3 is 0 Å². The highest BCUT2D eigenvalue weighted by Gasteiger charge is 2.21. The van der Waals surface area contributed by atoms with Crippen LogP contribution in [-0.2, 0) is 6.54 Å². The van der Waals surface area contributed by atoms with Gasteiger partial charge in [0.1, 0.15) is 11.6 Å². The van der Waals surface area contributed by atoms with E-state index >= 15 is 0 Å². The molecule has 1 amide bonds. The molecular formula is C20H21FN4O2. The van der Waals surface area contributed by atoms with Crippen molar-refractivity contribution in [2.24, 2.45) is 0 Å². The number of nitrogens with zero attached hydrogens (tertiary/aromatic N) is 4. The van der Waals surface area contributed by atoms with Crippen molar-refractivity contribution in [2.75, 3.05) is 14.2 Å². The van der Waals surface area contributed by atoms with Crippen molar-refractivity contribution in [1.29, 1.82) is 0 Å². The third kappa shape index (κ3) is 4.13. The van der Waals surface area contributed by atoms with Crippen LogP contribution in [0.25, 0.3) is 0 Å². The summed E-state index contributed by atoms with van der Waals surface area (Å²) in [5, 5.41) is 7.89. The first-order valence-corrected chi connectivity index (χ1v) is 8.54. The summed E-state index contributed by atoms with van der Waals surface area (Å²) in [6.45, 7) is 2.15. The smallest absolute Gasteiger partial charge is 0.276 e. The molecule has 2 aromatic carbocycles. The number of ether oxygens (including phenoxy) is 1. The standard InChI is InChI=1S/C20H21FN4O2/c1-14(15-8-10-17(27-3)11-9-15)24(2)20(26)19-13-25(23-22-19)12-16-6-4-5-7-18(16)21/h4-11,13-14H,12H2,1-3H3/t14-/m1/s1. The monoisotopic (exact) mass is 368 g/mol. The molecular weight excluding hydrogens is 347 g/mol. The Labute approximate surface area is 157 Å². The fourth-order valence-electron chi connectivity index (χ4n) is 2.74.